The van der Waals surface area contributed by atoms with E-state index in [0.717, 1.165) is 23.1 Å². The minimum Gasteiger partial charge on any atom is -0.314 e. The smallest absolute Gasteiger partial charge is 0.0950 e. The third-order valence-electron chi connectivity index (χ3n) is 3.52. The molecule has 0 radical (unpaired) electrons. The number of thiazole rings is 1. The third-order valence-corrected chi connectivity index (χ3v) is 5.01. The molecule has 19 heavy (non-hydrogen) atoms. The highest BCUT2D eigenvalue weighted by Crippen LogP contribution is 2.30. The Morgan fingerprint density at radius 2 is 2.37 bits per heavy atom. The number of nitrogens with zero attached hydrogens (tertiary/aromatic N) is 1. The van der Waals surface area contributed by atoms with Crippen LogP contribution in [0.25, 0.3) is 11.3 Å². The molecule has 3 rings (SSSR count). The van der Waals surface area contributed by atoms with Crippen LogP contribution in [0.15, 0.2) is 28.7 Å². The maximum atomic E-state index is 4.84. The molecule has 1 aromatic carbocycles. The molecule has 4 heteroatoms. The van der Waals surface area contributed by atoms with Crippen molar-refractivity contribution in [2.24, 2.45) is 0 Å². The first-order chi connectivity index (χ1) is 9.22. The fraction of sp³-hybridized carbons (Fsp3) is 0.400. The minimum absolute atomic E-state index is 0.626. The Hall–Kier alpha value is -0.710. The standard InChI is InChI=1S/C15H17BrN2S/c1-10-15(11-4-2-5-12(16)8-11)18-14(19-10)9-13-6-3-7-17-13/h2,4-5,8,13,17H,3,6-7,9H2,1H3. The predicted octanol–water partition coefficient (Wildman–Crippen LogP) is 4.18. The van der Waals surface area contributed by atoms with E-state index in [1.165, 1.54) is 28.3 Å². The normalized spacial score (nSPS) is 18.9. The molecule has 0 amide bonds. The molecule has 2 nitrogen and oxygen atoms in total. The van der Waals surface area contributed by atoms with E-state index < -0.39 is 0 Å². The highest BCUT2D eigenvalue weighted by atomic mass is 79.9. The van der Waals surface area contributed by atoms with Gasteiger partial charge >= 0.3 is 0 Å². The molecule has 1 atom stereocenters. The van der Waals surface area contributed by atoms with Gasteiger partial charge in [0, 0.05) is 27.4 Å². The van der Waals surface area contributed by atoms with Gasteiger partial charge in [0.15, 0.2) is 0 Å². The zero-order valence-corrected chi connectivity index (χ0v) is 13.4. The SMILES string of the molecule is Cc1sc(CC2CCCN2)nc1-c1cccc(Br)c1. The Morgan fingerprint density at radius 3 is 3.11 bits per heavy atom. The van der Waals surface area contributed by atoms with Gasteiger partial charge in [0.2, 0.25) is 0 Å². The maximum Gasteiger partial charge on any atom is 0.0950 e. The van der Waals surface area contributed by atoms with E-state index >= 15 is 0 Å². The Morgan fingerprint density at radius 1 is 1.47 bits per heavy atom. The molecule has 0 bridgehead atoms. The van der Waals surface area contributed by atoms with Gasteiger partial charge in [0.25, 0.3) is 0 Å². The van der Waals surface area contributed by atoms with Crippen LogP contribution in [-0.4, -0.2) is 17.6 Å². The molecule has 2 aromatic rings. The third kappa shape index (κ3) is 3.07. The second-order valence-corrected chi connectivity index (χ2v) is 7.22. The van der Waals surface area contributed by atoms with Crippen LogP contribution in [0.1, 0.15) is 22.7 Å². The van der Waals surface area contributed by atoms with Crippen molar-refractivity contribution in [1.82, 2.24) is 10.3 Å². The second-order valence-electron chi connectivity index (χ2n) is 5.02. The van der Waals surface area contributed by atoms with Crippen LogP contribution in [0.2, 0.25) is 0 Å². The van der Waals surface area contributed by atoms with Crippen molar-refractivity contribution in [3.63, 3.8) is 0 Å². The number of halogens is 1. The molecule has 1 aromatic heterocycles. The van der Waals surface area contributed by atoms with Crippen LogP contribution in [0.5, 0.6) is 0 Å². The van der Waals surface area contributed by atoms with Crippen LogP contribution < -0.4 is 5.32 Å². The first kappa shape index (κ1) is 13.3. The van der Waals surface area contributed by atoms with Crippen molar-refractivity contribution in [1.29, 1.82) is 0 Å². The van der Waals surface area contributed by atoms with Gasteiger partial charge in [-0.15, -0.1) is 11.3 Å². The Kier molecular flexibility index (Phi) is 4.01. The quantitative estimate of drug-likeness (QED) is 0.909. The Balaban J connectivity index is 1.84. The van der Waals surface area contributed by atoms with E-state index in [1.54, 1.807) is 0 Å². The molecule has 0 aliphatic carbocycles. The van der Waals surface area contributed by atoms with Crippen molar-refractivity contribution >= 4 is 27.3 Å². The Bertz CT molecular complexity index is 573. The van der Waals surface area contributed by atoms with Gasteiger partial charge in [0.05, 0.1) is 10.7 Å². The van der Waals surface area contributed by atoms with Gasteiger partial charge in [-0.1, -0.05) is 28.1 Å². The van der Waals surface area contributed by atoms with E-state index in [2.05, 4.69) is 52.4 Å². The largest absolute Gasteiger partial charge is 0.314 e. The Labute approximate surface area is 126 Å². The van der Waals surface area contributed by atoms with Gasteiger partial charge in [0.1, 0.15) is 0 Å². The van der Waals surface area contributed by atoms with Gasteiger partial charge in [-0.05, 0) is 38.4 Å². The number of benzene rings is 1. The molecule has 1 N–H and O–H groups in total. The number of aromatic nitrogens is 1. The topological polar surface area (TPSA) is 24.9 Å². The van der Waals surface area contributed by atoms with Crippen molar-refractivity contribution in [3.05, 3.63) is 38.6 Å². The summed E-state index contributed by atoms with van der Waals surface area (Å²) in [5.41, 5.74) is 2.34. The zero-order valence-electron chi connectivity index (χ0n) is 10.9. The molecule has 100 valence electrons. The summed E-state index contributed by atoms with van der Waals surface area (Å²) in [6.07, 6.45) is 3.65. The lowest BCUT2D eigenvalue weighted by atomic mass is 10.1. The average Bonchev–Trinajstić information content (AvgIpc) is 3.00. The van der Waals surface area contributed by atoms with Gasteiger partial charge in [-0.3, -0.25) is 0 Å². The van der Waals surface area contributed by atoms with Crippen LogP contribution in [-0.2, 0) is 6.42 Å². The molecular formula is C15H17BrN2S. The van der Waals surface area contributed by atoms with E-state index in [0.29, 0.717) is 6.04 Å². The average molecular weight is 337 g/mol. The monoisotopic (exact) mass is 336 g/mol. The lowest BCUT2D eigenvalue weighted by molar-refractivity contribution is 0.601. The lowest BCUT2D eigenvalue weighted by Gasteiger charge is -2.06. The second kappa shape index (κ2) is 5.73. The highest BCUT2D eigenvalue weighted by molar-refractivity contribution is 9.10. The van der Waals surface area contributed by atoms with Crippen molar-refractivity contribution < 1.29 is 0 Å². The summed E-state index contributed by atoms with van der Waals surface area (Å²) in [6, 6.07) is 9.01. The number of hydrogen-bond acceptors (Lipinski definition) is 3. The van der Waals surface area contributed by atoms with Gasteiger partial charge < -0.3 is 5.32 Å². The zero-order chi connectivity index (χ0) is 13.2. The van der Waals surface area contributed by atoms with Crippen LogP contribution >= 0.6 is 27.3 Å². The van der Waals surface area contributed by atoms with Crippen LogP contribution in [0.3, 0.4) is 0 Å². The fourth-order valence-electron chi connectivity index (χ4n) is 2.58. The first-order valence-electron chi connectivity index (χ1n) is 6.68. The lowest BCUT2D eigenvalue weighted by Crippen LogP contribution is -2.23. The van der Waals surface area contributed by atoms with Crippen LogP contribution in [0.4, 0.5) is 0 Å². The van der Waals surface area contributed by atoms with E-state index in [9.17, 15) is 0 Å². The summed E-state index contributed by atoms with van der Waals surface area (Å²) < 4.78 is 1.11. The molecular weight excluding hydrogens is 320 g/mol. The van der Waals surface area contributed by atoms with Crippen molar-refractivity contribution in [3.8, 4) is 11.3 Å². The fourth-order valence-corrected chi connectivity index (χ4v) is 4.02. The number of hydrogen-bond donors (Lipinski definition) is 1. The maximum absolute atomic E-state index is 4.84. The molecule has 2 heterocycles. The van der Waals surface area contributed by atoms with Crippen molar-refractivity contribution in [2.45, 2.75) is 32.2 Å². The van der Waals surface area contributed by atoms with E-state index in [4.69, 9.17) is 4.98 Å². The summed E-state index contributed by atoms with van der Waals surface area (Å²) in [5, 5.41) is 4.80. The summed E-state index contributed by atoms with van der Waals surface area (Å²) in [5.74, 6) is 0. The molecule has 0 saturated carbocycles. The number of aryl methyl sites for hydroxylation is 1. The summed E-state index contributed by atoms with van der Waals surface area (Å²) in [6.45, 7) is 3.33. The molecule has 1 aliphatic heterocycles. The van der Waals surface area contributed by atoms with Gasteiger partial charge in [-0.25, -0.2) is 4.98 Å². The van der Waals surface area contributed by atoms with E-state index in [-0.39, 0.29) is 0 Å². The first-order valence-corrected chi connectivity index (χ1v) is 8.29. The number of nitrogens with one attached hydrogen (secondary N) is 1. The van der Waals surface area contributed by atoms with Crippen molar-refractivity contribution in [2.75, 3.05) is 6.54 Å². The summed E-state index contributed by atoms with van der Waals surface area (Å²) in [4.78, 5) is 6.15. The molecule has 1 unspecified atom stereocenters. The molecule has 1 saturated heterocycles. The molecule has 1 fully saturated rings. The van der Waals surface area contributed by atoms with Gasteiger partial charge in [-0.2, -0.15) is 0 Å². The predicted molar refractivity (Wildman–Crippen MR) is 84.7 cm³/mol. The molecule has 0 spiro atoms. The van der Waals surface area contributed by atoms with E-state index in [1.807, 2.05) is 11.3 Å². The summed E-state index contributed by atoms with van der Waals surface area (Å²) in [7, 11) is 0. The highest BCUT2D eigenvalue weighted by Gasteiger charge is 2.17. The summed E-state index contributed by atoms with van der Waals surface area (Å²) >= 11 is 5.36. The molecule has 1 aliphatic rings. The van der Waals surface area contributed by atoms with Crippen LogP contribution in [0, 0.1) is 6.92 Å². The minimum atomic E-state index is 0.626. The number of rotatable bonds is 3.